The van der Waals surface area contributed by atoms with Crippen LogP contribution in [0.4, 0.5) is 5.69 Å². The molecule has 4 aromatic rings. The molecule has 2 heterocycles. The van der Waals surface area contributed by atoms with Crippen LogP contribution in [0.25, 0.3) is 10.9 Å². The van der Waals surface area contributed by atoms with Gasteiger partial charge in [-0.25, -0.2) is 4.98 Å². The number of amides is 1. The molecule has 0 unspecified atom stereocenters. The van der Waals surface area contributed by atoms with E-state index in [0.29, 0.717) is 27.6 Å². The standard InChI is InChI=1S/C24H19N3O2S/c1-16(28)17-8-10-19(11-9-17)27-23(29)21-6-4-13-26-24(21)30-15-18-12-14-25-22-7-3-2-5-20(18)22/h2-14H,15H2,1H3,(H,27,29). The van der Waals surface area contributed by atoms with Crippen molar-refractivity contribution in [1.82, 2.24) is 9.97 Å². The average molecular weight is 414 g/mol. The van der Waals surface area contributed by atoms with Crippen LogP contribution in [0.1, 0.15) is 33.2 Å². The lowest BCUT2D eigenvalue weighted by Gasteiger charge is -2.10. The lowest BCUT2D eigenvalue weighted by Crippen LogP contribution is -2.13. The summed E-state index contributed by atoms with van der Waals surface area (Å²) in [5.74, 6) is 0.427. The number of anilines is 1. The monoisotopic (exact) mass is 413 g/mol. The van der Waals surface area contributed by atoms with Gasteiger partial charge in [-0.3, -0.25) is 14.6 Å². The summed E-state index contributed by atoms with van der Waals surface area (Å²) in [6.07, 6.45) is 3.49. The number of nitrogens with zero attached hydrogens (tertiary/aromatic N) is 2. The van der Waals surface area contributed by atoms with Gasteiger partial charge < -0.3 is 5.32 Å². The number of nitrogens with one attached hydrogen (secondary N) is 1. The van der Waals surface area contributed by atoms with E-state index in [1.807, 2.05) is 24.3 Å². The zero-order chi connectivity index (χ0) is 20.9. The zero-order valence-corrected chi connectivity index (χ0v) is 17.1. The smallest absolute Gasteiger partial charge is 0.258 e. The number of Topliss-reactive ketones (excluding diaryl/α,β-unsaturated/α-hetero) is 1. The minimum Gasteiger partial charge on any atom is -0.322 e. The third kappa shape index (κ3) is 4.39. The number of aromatic nitrogens is 2. The minimum atomic E-state index is -0.235. The Morgan fingerprint density at radius 2 is 1.70 bits per heavy atom. The van der Waals surface area contributed by atoms with Crippen molar-refractivity contribution in [2.24, 2.45) is 0 Å². The van der Waals surface area contributed by atoms with Gasteiger partial charge in [-0.1, -0.05) is 18.2 Å². The van der Waals surface area contributed by atoms with Crippen molar-refractivity contribution in [3.05, 3.63) is 95.8 Å². The molecule has 0 bridgehead atoms. The maximum atomic E-state index is 12.8. The summed E-state index contributed by atoms with van der Waals surface area (Å²) in [6, 6.07) is 20.4. The molecule has 0 spiro atoms. The van der Waals surface area contributed by atoms with Gasteiger partial charge >= 0.3 is 0 Å². The third-order valence-corrected chi connectivity index (χ3v) is 5.72. The van der Waals surface area contributed by atoms with Gasteiger partial charge in [0.05, 0.1) is 11.1 Å². The Morgan fingerprint density at radius 1 is 0.900 bits per heavy atom. The Hall–Kier alpha value is -3.51. The molecule has 0 saturated heterocycles. The molecule has 0 atom stereocenters. The molecule has 0 saturated carbocycles. The predicted octanol–water partition coefficient (Wildman–Crippen LogP) is 5.38. The number of pyridine rings is 2. The Labute approximate surface area is 178 Å². The highest BCUT2D eigenvalue weighted by atomic mass is 32.2. The number of hydrogen-bond acceptors (Lipinski definition) is 5. The van der Waals surface area contributed by atoms with Crippen molar-refractivity contribution >= 4 is 40.0 Å². The average Bonchev–Trinajstić information content (AvgIpc) is 2.78. The third-order valence-electron chi connectivity index (χ3n) is 4.67. The van der Waals surface area contributed by atoms with Gasteiger partial charge in [-0.05, 0) is 61.0 Å². The first-order chi connectivity index (χ1) is 14.6. The number of thioether (sulfide) groups is 1. The number of carbonyl (C=O) groups is 2. The molecular formula is C24H19N3O2S. The molecule has 2 aromatic carbocycles. The molecule has 0 fully saturated rings. The van der Waals surface area contributed by atoms with Crippen molar-refractivity contribution in [3.8, 4) is 0 Å². The van der Waals surface area contributed by atoms with Crippen LogP contribution < -0.4 is 5.32 Å². The maximum absolute atomic E-state index is 12.8. The molecule has 4 rings (SSSR count). The molecular weight excluding hydrogens is 394 g/mol. The van der Waals surface area contributed by atoms with Crippen LogP contribution in [0.3, 0.4) is 0 Å². The Morgan fingerprint density at radius 3 is 2.50 bits per heavy atom. The predicted molar refractivity (Wildman–Crippen MR) is 120 cm³/mol. The number of ketones is 1. The zero-order valence-electron chi connectivity index (χ0n) is 16.3. The van der Waals surface area contributed by atoms with E-state index < -0.39 is 0 Å². The SMILES string of the molecule is CC(=O)c1ccc(NC(=O)c2cccnc2SCc2ccnc3ccccc23)cc1. The summed E-state index contributed by atoms with van der Waals surface area (Å²) in [5.41, 5.74) is 3.84. The Bertz CT molecular complexity index is 1220. The highest BCUT2D eigenvalue weighted by molar-refractivity contribution is 7.98. The van der Waals surface area contributed by atoms with Crippen molar-refractivity contribution in [1.29, 1.82) is 0 Å². The molecule has 30 heavy (non-hydrogen) atoms. The molecule has 0 aliphatic carbocycles. The van der Waals surface area contributed by atoms with E-state index in [9.17, 15) is 9.59 Å². The summed E-state index contributed by atoms with van der Waals surface area (Å²) >= 11 is 1.52. The van der Waals surface area contributed by atoms with Crippen LogP contribution in [0.5, 0.6) is 0 Å². The van der Waals surface area contributed by atoms with Crippen LogP contribution in [0, 0.1) is 0 Å². The van der Waals surface area contributed by atoms with E-state index in [0.717, 1.165) is 16.5 Å². The second-order valence-electron chi connectivity index (χ2n) is 6.72. The number of para-hydroxylation sites is 1. The molecule has 1 amide bonds. The minimum absolute atomic E-state index is 0.0116. The second kappa shape index (κ2) is 8.88. The van der Waals surface area contributed by atoms with Crippen LogP contribution in [0.15, 0.2) is 84.1 Å². The van der Waals surface area contributed by atoms with Gasteiger partial charge in [0.2, 0.25) is 0 Å². The molecule has 5 nitrogen and oxygen atoms in total. The molecule has 148 valence electrons. The van der Waals surface area contributed by atoms with Gasteiger partial charge in [0.15, 0.2) is 5.78 Å². The molecule has 6 heteroatoms. The summed E-state index contributed by atoms with van der Waals surface area (Å²) < 4.78 is 0. The molecule has 0 radical (unpaired) electrons. The van der Waals surface area contributed by atoms with Crippen molar-refractivity contribution in [3.63, 3.8) is 0 Å². The second-order valence-corrected chi connectivity index (χ2v) is 7.68. The normalized spacial score (nSPS) is 10.7. The topological polar surface area (TPSA) is 72.0 Å². The fourth-order valence-electron chi connectivity index (χ4n) is 3.09. The highest BCUT2D eigenvalue weighted by Crippen LogP contribution is 2.28. The number of fused-ring (bicyclic) bond motifs is 1. The number of rotatable bonds is 6. The van der Waals surface area contributed by atoms with Crippen LogP contribution in [-0.2, 0) is 5.75 Å². The van der Waals surface area contributed by atoms with E-state index >= 15 is 0 Å². The van der Waals surface area contributed by atoms with E-state index in [4.69, 9.17) is 0 Å². The molecule has 1 N–H and O–H groups in total. The quantitative estimate of drug-likeness (QED) is 0.339. The summed E-state index contributed by atoms with van der Waals surface area (Å²) in [6.45, 7) is 1.51. The Balaban J connectivity index is 1.52. The lowest BCUT2D eigenvalue weighted by molar-refractivity contribution is 0.101. The first-order valence-corrected chi connectivity index (χ1v) is 10.4. The molecule has 2 aromatic heterocycles. The first kappa shape index (κ1) is 19.8. The Kier molecular flexibility index (Phi) is 5.86. The highest BCUT2D eigenvalue weighted by Gasteiger charge is 2.14. The summed E-state index contributed by atoms with van der Waals surface area (Å²) in [7, 11) is 0. The molecule has 0 aliphatic heterocycles. The summed E-state index contributed by atoms with van der Waals surface area (Å²) in [5, 5.41) is 4.64. The lowest BCUT2D eigenvalue weighted by atomic mass is 10.1. The fourth-order valence-corrected chi connectivity index (χ4v) is 4.09. The number of carbonyl (C=O) groups excluding carboxylic acids is 2. The van der Waals surface area contributed by atoms with Crippen molar-refractivity contribution in [2.75, 3.05) is 5.32 Å². The van der Waals surface area contributed by atoms with Crippen LogP contribution >= 0.6 is 11.8 Å². The van der Waals surface area contributed by atoms with E-state index in [1.54, 1.807) is 48.8 Å². The first-order valence-electron chi connectivity index (χ1n) is 9.44. The number of benzene rings is 2. The van der Waals surface area contributed by atoms with Crippen LogP contribution in [0.2, 0.25) is 0 Å². The molecule has 0 aliphatic rings. The van der Waals surface area contributed by atoms with Crippen molar-refractivity contribution in [2.45, 2.75) is 17.7 Å². The van der Waals surface area contributed by atoms with Gasteiger partial charge in [-0.2, -0.15) is 0 Å². The van der Waals surface area contributed by atoms with Gasteiger partial charge in [0.25, 0.3) is 5.91 Å². The summed E-state index contributed by atoms with van der Waals surface area (Å²) in [4.78, 5) is 33.1. The van der Waals surface area contributed by atoms with E-state index in [1.165, 1.54) is 18.7 Å². The maximum Gasteiger partial charge on any atom is 0.258 e. The van der Waals surface area contributed by atoms with Gasteiger partial charge in [0, 0.05) is 34.8 Å². The number of hydrogen-bond donors (Lipinski definition) is 1. The van der Waals surface area contributed by atoms with Crippen molar-refractivity contribution < 1.29 is 9.59 Å². The van der Waals surface area contributed by atoms with E-state index in [2.05, 4.69) is 21.4 Å². The largest absolute Gasteiger partial charge is 0.322 e. The van der Waals surface area contributed by atoms with Gasteiger partial charge in [0.1, 0.15) is 5.03 Å². The van der Waals surface area contributed by atoms with E-state index in [-0.39, 0.29) is 11.7 Å². The van der Waals surface area contributed by atoms with Crippen LogP contribution in [-0.4, -0.2) is 21.7 Å². The van der Waals surface area contributed by atoms with Gasteiger partial charge in [-0.15, -0.1) is 11.8 Å². The fraction of sp³-hybridized carbons (Fsp3) is 0.0833.